The van der Waals surface area contributed by atoms with Crippen LogP contribution in [0.5, 0.6) is 0 Å². The van der Waals surface area contributed by atoms with Crippen molar-refractivity contribution in [1.82, 2.24) is 0 Å². The Balaban J connectivity index is 2.39. The minimum atomic E-state index is -1.49. The molecule has 0 radical (unpaired) electrons. The SMILES string of the molecule is C=C(c1ccccc1F)C(O)(CN=CN)C1(Cl)CC1. The third-order valence-electron chi connectivity index (χ3n) is 3.55. The van der Waals surface area contributed by atoms with Crippen LogP contribution in [0.1, 0.15) is 18.4 Å². The highest BCUT2D eigenvalue weighted by Crippen LogP contribution is 2.55. The van der Waals surface area contributed by atoms with Gasteiger partial charge >= 0.3 is 0 Å². The lowest BCUT2D eigenvalue weighted by atomic mass is 9.84. The number of nitrogens with two attached hydrogens (primary N) is 1. The predicted molar refractivity (Wildman–Crippen MR) is 75.7 cm³/mol. The number of benzene rings is 1. The highest BCUT2D eigenvalue weighted by atomic mass is 35.5. The Hall–Kier alpha value is -1.39. The molecule has 0 heterocycles. The molecule has 1 aliphatic rings. The Kier molecular flexibility index (Phi) is 3.65. The molecule has 5 heteroatoms. The van der Waals surface area contributed by atoms with Crippen LogP contribution in [-0.2, 0) is 0 Å². The maximum Gasteiger partial charge on any atom is 0.130 e. The summed E-state index contributed by atoms with van der Waals surface area (Å²) < 4.78 is 13.8. The maximum absolute atomic E-state index is 13.8. The van der Waals surface area contributed by atoms with Gasteiger partial charge in [0.2, 0.25) is 0 Å². The third kappa shape index (κ3) is 2.38. The molecule has 1 aliphatic carbocycles. The van der Waals surface area contributed by atoms with Crippen molar-refractivity contribution >= 4 is 23.5 Å². The average Bonchev–Trinajstić information content (AvgIpc) is 3.15. The van der Waals surface area contributed by atoms with Crippen LogP contribution in [0.4, 0.5) is 4.39 Å². The van der Waals surface area contributed by atoms with Gasteiger partial charge in [0.25, 0.3) is 0 Å². The fraction of sp³-hybridized carbons (Fsp3) is 0.357. The van der Waals surface area contributed by atoms with E-state index in [0.717, 1.165) is 6.34 Å². The van der Waals surface area contributed by atoms with E-state index >= 15 is 0 Å². The van der Waals surface area contributed by atoms with E-state index in [-0.39, 0.29) is 17.7 Å². The molecule has 0 bridgehead atoms. The number of hydrogen-bond acceptors (Lipinski definition) is 2. The van der Waals surface area contributed by atoms with Crippen LogP contribution >= 0.6 is 11.6 Å². The van der Waals surface area contributed by atoms with Crippen molar-refractivity contribution < 1.29 is 9.50 Å². The van der Waals surface area contributed by atoms with E-state index in [2.05, 4.69) is 11.6 Å². The summed E-state index contributed by atoms with van der Waals surface area (Å²) in [5.74, 6) is -0.441. The Labute approximate surface area is 116 Å². The van der Waals surface area contributed by atoms with Crippen molar-refractivity contribution in [2.24, 2.45) is 10.7 Å². The summed E-state index contributed by atoms with van der Waals surface area (Å²) in [7, 11) is 0. The number of halogens is 2. The van der Waals surface area contributed by atoms with Gasteiger partial charge in [-0.25, -0.2) is 4.39 Å². The normalized spacial score (nSPS) is 20.2. The van der Waals surface area contributed by atoms with Crippen LogP contribution < -0.4 is 5.73 Å². The van der Waals surface area contributed by atoms with E-state index in [4.69, 9.17) is 17.3 Å². The minimum Gasteiger partial charge on any atom is -0.390 e. The number of aliphatic hydroxyl groups is 1. The van der Waals surface area contributed by atoms with E-state index in [1.54, 1.807) is 18.2 Å². The number of aliphatic imine (C=N–C) groups is 1. The summed E-state index contributed by atoms with van der Waals surface area (Å²) in [6, 6.07) is 6.15. The zero-order valence-electron chi connectivity index (χ0n) is 10.4. The molecule has 102 valence electrons. The molecule has 0 amide bonds. The Morgan fingerprint density at radius 3 is 2.74 bits per heavy atom. The van der Waals surface area contributed by atoms with Crippen molar-refractivity contribution in [3.05, 3.63) is 42.2 Å². The summed E-state index contributed by atoms with van der Waals surface area (Å²) in [5, 5.41) is 10.8. The summed E-state index contributed by atoms with van der Waals surface area (Å²) >= 11 is 6.34. The van der Waals surface area contributed by atoms with Crippen LogP contribution in [0.2, 0.25) is 0 Å². The first-order valence-electron chi connectivity index (χ1n) is 6.00. The molecule has 0 spiro atoms. The molecule has 2 rings (SSSR count). The molecule has 1 saturated carbocycles. The van der Waals surface area contributed by atoms with Gasteiger partial charge in [-0.15, -0.1) is 11.6 Å². The molecule has 1 unspecified atom stereocenters. The van der Waals surface area contributed by atoms with E-state index in [9.17, 15) is 9.50 Å². The number of nitrogens with zero attached hydrogens (tertiary/aromatic N) is 1. The molecule has 1 atom stereocenters. The fourth-order valence-electron chi connectivity index (χ4n) is 2.14. The van der Waals surface area contributed by atoms with Gasteiger partial charge in [0.1, 0.15) is 11.4 Å². The molecule has 0 saturated heterocycles. The molecule has 3 nitrogen and oxygen atoms in total. The van der Waals surface area contributed by atoms with Crippen molar-refractivity contribution in [2.75, 3.05) is 6.54 Å². The lowest BCUT2D eigenvalue weighted by Crippen LogP contribution is -2.45. The monoisotopic (exact) mass is 282 g/mol. The Morgan fingerprint density at radius 2 is 2.21 bits per heavy atom. The summed E-state index contributed by atoms with van der Waals surface area (Å²) in [4.78, 5) is 3.03. The zero-order valence-corrected chi connectivity index (χ0v) is 11.2. The Bertz CT molecular complexity index is 528. The molecule has 0 aliphatic heterocycles. The first kappa shape index (κ1) is 14.0. The van der Waals surface area contributed by atoms with Crippen molar-refractivity contribution in [3.63, 3.8) is 0 Å². The lowest BCUT2D eigenvalue weighted by molar-refractivity contribution is 0.0982. The largest absolute Gasteiger partial charge is 0.390 e. The van der Waals surface area contributed by atoms with Gasteiger partial charge in [-0.3, -0.25) is 4.99 Å². The molecule has 1 fully saturated rings. The fourth-order valence-corrected chi connectivity index (χ4v) is 2.41. The van der Waals surface area contributed by atoms with E-state index in [1.165, 1.54) is 6.07 Å². The summed E-state index contributed by atoms with van der Waals surface area (Å²) in [6.07, 6.45) is 2.37. The minimum absolute atomic E-state index is 0.0276. The van der Waals surface area contributed by atoms with Crippen molar-refractivity contribution in [1.29, 1.82) is 0 Å². The van der Waals surface area contributed by atoms with Crippen LogP contribution in [-0.4, -0.2) is 28.5 Å². The second-order valence-electron chi connectivity index (χ2n) is 4.77. The molecule has 19 heavy (non-hydrogen) atoms. The molecular formula is C14H16ClFN2O. The van der Waals surface area contributed by atoms with Gasteiger partial charge in [-0.2, -0.15) is 0 Å². The smallest absolute Gasteiger partial charge is 0.130 e. The standard InChI is InChI=1S/C14H16ClFN2O/c1-10(11-4-2-3-5-12(11)16)14(19,8-18-9-17)13(15)6-7-13/h2-5,9,19H,1,6-8H2,(H2,17,18). The van der Waals surface area contributed by atoms with Crippen LogP contribution in [0.25, 0.3) is 5.57 Å². The third-order valence-corrected chi connectivity index (χ3v) is 4.24. The van der Waals surface area contributed by atoms with Gasteiger partial charge in [0.05, 0.1) is 17.8 Å². The van der Waals surface area contributed by atoms with Crippen LogP contribution in [0.3, 0.4) is 0 Å². The number of hydrogen-bond donors (Lipinski definition) is 2. The summed E-state index contributed by atoms with van der Waals surface area (Å²) in [6.45, 7) is 3.80. The highest BCUT2D eigenvalue weighted by molar-refractivity contribution is 6.27. The average molecular weight is 283 g/mol. The summed E-state index contributed by atoms with van der Waals surface area (Å²) in [5.41, 5.74) is 4.22. The second-order valence-corrected chi connectivity index (χ2v) is 5.50. The molecule has 0 aromatic heterocycles. The van der Waals surface area contributed by atoms with E-state index in [1.807, 2.05) is 0 Å². The van der Waals surface area contributed by atoms with Crippen LogP contribution in [0.15, 0.2) is 35.8 Å². The van der Waals surface area contributed by atoms with Crippen LogP contribution in [0, 0.1) is 5.82 Å². The molecule has 1 aromatic rings. The number of rotatable bonds is 5. The lowest BCUT2D eigenvalue weighted by Gasteiger charge is -2.33. The maximum atomic E-state index is 13.8. The Morgan fingerprint density at radius 1 is 1.58 bits per heavy atom. The van der Waals surface area contributed by atoms with Gasteiger partial charge in [-0.05, 0) is 24.5 Å². The van der Waals surface area contributed by atoms with E-state index in [0.29, 0.717) is 12.8 Å². The van der Waals surface area contributed by atoms with Crippen molar-refractivity contribution in [3.8, 4) is 0 Å². The quantitative estimate of drug-likeness (QED) is 0.495. The first-order chi connectivity index (χ1) is 8.94. The predicted octanol–water partition coefficient (Wildman–Crippen LogP) is 2.33. The zero-order chi connectivity index (χ0) is 14.1. The molecule has 1 aromatic carbocycles. The van der Waals surface area contributed by atoms with Gasteiger partial charge in [0, 0.05) is 5.56 Å². The number of alkyl halides is 1. The van der Waals surface area contributed by atoms with E-state index < -0.39 is 16.3 Å². The highest BCUT2D eigenvalue weighted by Gasteiger charge is 2.59. The topological polar surface area (TPSA) is 58.6 Å². The second kappa shape index (κ2) is 4.94. The van der Waals surface area contributed by atoms with Gasteiger partial charge < -0.3 is 10.8 Å². The first-order valence-corrected chi connectivity index (χ1v) is 6.38. The van der Waals surface area contributed by atoms with Crippen molar-refractivity contribution in [2.45, 2.75) is 23.3 Å². The van der Waals surface area contributed by atoms with Gasteiger partial charge in [0.15, 0.2) is 0 Å². The van der Waals surface area contributed by atoms with Gasteiger partial charge in [-0.1, -0.05) is 24.8 Å². The molecular weight excluding hydrogens is 267 g/mol. The molecule has 3 N–H and O–H groups in total.